The number of carbonyl (C=O) groups is 3. The van der Waals surface area contributed by atoms with E-state index in [1.54, 1.807) is 26.8 Å². The van der Waals surface area contributed by atoms with E-state index in [9.17, 15) is 29.7 Å². The van der Waals surface area contributed by atoms with Crippen molar-refractivity contribution in [3.05, 3.63) is 23.8 Å². The van der Waals surface area contributed by atoms with Crippen molar-refractivity contribution in [3.8, 4) is 0 Å². The summed E-state index contributed by atoms with van der Waals surface area (Å²) in [5.41, 5.74) is -5.17. The molecular weight excluding hydrogens is 611 g/mol. The van der Waals surface area contributed by atoms with E-state index in [-0.39, 0.29) is 18.1 Å². The molecule has 0 radical (unpaired) electrons. The standard InChI is InChI=1S/C22H29FO5.C18H36O2/c1-12-8-16-15-5-4-13-9-14(25)6-7-19(13,2)21(15,23)17(26)10-20(16,3)22(12,28)18(27)11-24;1-2-3-4-5-6-7-8-9-10-11-12-13-14-15-16-17-18(19)20/h6-7,9,12,15-17,24,26,28H,4-5,8,10-11H2,1-3H3;2-17H2,1H3,(H,19,20)/t12-,15+,16+,17+,19+,20+,21+,22+;/m1./s1. The van der Waals surface area contributed by atoms with E-state index < -0.39 is 58.4 Å². The van der Waals surface area contributed by atoms with Gasteiger partial charge in [-0.15, -0.1) is 0 Å². The normalized spacial score (nSPS) is 35.2. The molecule has 7 nitrogen and oxygen atoms in total. The summed E-state index contributed by atoms with van der Waals surface area (Å²) in [6.45, 7) is 6.75. The largest absolute Gasteiger partial charge is 0.481 e. The lowest BCUT2D eigenvalue weighted by Crippen LogP contribution is -2.69. The second kappa shape index (κ2) is 17.8. The van der Waals surface area contributed by atoms with E-state index in [1.807, 2.05) is 0 Å². The van der Waals surface area contributed by atoms with Gasteiger partial charge in [0.2, 0.25) is 0 Å². The van der Waals surface area contributed by atoms with Gasteiger partial charge in [0.05, 0.1) is 6.10 Å². The second-order valence-corrected chi connectivity index (χ2v) is 15.8. The van der Waals surface area contributed by atoms with Crippen molar-refractivity contribution in [2.45, 2.75) is 173 Å². The number of carboxylic acids is 1. The number of allylic oxidation sites excluding steroid dienone is 4. The number of carbonyl (C=O) groups excluding carboxylic acids is 2. The molecule has 3 fully saturated rings. The Morgan fingerprint density at radius 3 is 1.92 bits per heavy atom. The number of aliphatic hydroxyl groups excluding tert-OH is 2. The summed E-state index contributed by atoms with van der Waals surface area (Å²) >= 11 is 0. The van der Waals surface area contributed by atoms with Crippen molar-refractivity contribution in [2.75, 3.05) is 6.61 Å². The SMILES string of the molecule is CCCCCCCCCCCCCCCCCC(=O)O.C[C@@H]1C[C@H]2[C@@H]3CCC4=CC(=O)C=C[C@]4(C)[C@@]3(F)[C@@H](O)C[C@]2(C)[C@@]1(O)C(=O)CO. The molecule has 8 atom stereocenters. The molecule has 3 saturated carbocycles. The van der Waals surface area contributed by atoms with Crippen LogP contribution >= 0.6 is 0 Å². The molecule has 0 spiro atoms. The average Bonchev–Trinajstić information content (AvgIpc) is 3.25. The first-order chi connectivity index (χ1) is 22.7. The van der Waals surface area contributed by atoms with Crippen LogP contribution in [0.25, 0.3) is 0 Å². The highest BCUT2D eigenvalue weighted by Crippen LogP contribution is 2.70. The number of ketones is 2. The number of unbranched alkanes of at least 4 members (excludes halogenated alkanes) is 14. The molecule has 274 valence electrons. The second-order valence-electron chi connectivity index (χ2n) is 15.8. The minimum Gasteiger partial charge on any atom is -0.481 e. The summed E-state index contributed by atoms with van der Waals surface area (Å²) in [4.78, 5) is 34.7. The lowest BCUT2D eigenvalue weighted by atomic mass is 9.44. The number of hydrogen-bond acceptors (Lipinski definition) is 6. The van der Waals surface area contributed by atoms with E-state index in [0.717, 1.165) is 12.8 Å². The molecule has 8 heteroatoms. The van der Waals surface area contributed by atoms with Crippen LogP contribution < -0.4 is 0 Å². The van der Waals surface area contributed by atoms with E-state index in [1.165, 1.54) is 95.6 Å². The zero-order valence-electron chi connectivity index (χ0n) is 30.3. The molecule has 0 saturated heterocycles. The Hall–Kier alpha value is -1.90. The van der Waals surface area contributed by atoms with Gasteiger partial charge in [-0.05, 0) is 63.0 Å². The maximum absolute atomic E-state index is 16.9. The lowest BCUT2D eigenvalue weighted by Gasteiger charge is -2.62. The molecule has 0 aromatic rings. The topological polar surface area (TPSA) is 132 Å². The third-order valence-corrected chi connectivity index (χ3v) is 12.8. The van der Waals surface area contributed by atoms with Gasteiger partial charge in [-0.2, -0.15) is 0 Å². The fourth-order valence-corrected chi connectivity index (χ4v) is 9.91. The molecule has 48 heavy (non-hydrogen) atoms. The van der Waals surface area contributed by atoms with Crippen molar-refractivity contribution in [1.29, 1.82) is 0 Å². The molecule has 0 aliphatic heterocycles. The first-order valence-corrected chi connectivity index (χ1v) is 19.1. The molecule has 4 aliphatic carbocycles. The predicted molar refractivity (Wildman–Crippen MR) is 187 cm³/mol. The van der Waals surface area contributed by atoms with Gasteiger partial charge in [-0.3, -0.25) is 14.4 Å². The highest BCUT2D eigenvalue weighted by Gasteiger charge is 2.75. The van der Waals surface area contributed by atoms with Crippen molar-refractivity contribution >= 4 is 17.5 Å². The number of aliphatic carboxylic acids is 1. The Morgan fingerprint density at radius 2 is 1.42 bits per heavy atom. The zero-order chi connectivity index (χ0) is 35.6. The number of hydrogen-bond donors (Lipinski definition) is 4. The molecule has 0 amide bonds. The monoisotopic (exact) mass is 676 g/mol. The summed E-state index contributed by atoms with van der Waals surface area (Å²) in [5.74, 6) is -2.77. The maximum Gasteiger partial charge on any atom is 0.303 e. The van der Waals surface area contributed by atoms with Gasteiger partial charge in [0.15, 0.2) is 17.2 Å². The van der Waals surface area contributed by atoms with E-state index in [0.29, 0.717) is 31.3 Å². The Labute approximate surface area is 288 Å². The maximum atomic E-state index is 16.9. The molecule has 0 bridgehead atoms. The molecule has 0 unspecified atom stereocenters. The van der Waals surface area contributed by atoms with Gasteiger partial charge in [0.25, 0.3) is 0 Å². The predicted octanol–water partition coefficient (Wildman–Crippen LogP) is 8.23. The van der Waals surface area contributed by atoms with Gasteiger partial charge >= 0.3 is 5.97 Å². The van der Waals surface area contributed by atoms with Crippen LogP contribution in [0.3, 0.4) is 0 Å². The highest BCUT2D eigenvalue weighted by atomic mass is 19.1. The smallest absolute Gasteiger partial charge is 0.303 e. The third kappa shape index (κ3) is 8.34. The fourth-order valence-electron chi connectivity index (χ4n) is 9.91. The van der Waals surface area contributed by atoms with Gasteiger partial charge in [0, 0.05) is 23.2 Å². The molecule has 4 rings (SSSR count). The van der Waals surface area contributed by atoms with Gasteiger partial charge in [-0.25, -0.2) is 4.39 Å². The number of carboxylic acid groups (broad SMARTS) is 1. The van der Waals surface area contributed by atoms with E-state index in [2.05, 4.69) is 6.92 Å². The third-order valence-electron chi connectivity index (χ3n) is 12.8. The van der Waals surface area contributed by atoms with E-state index in [4.69, 9.17) is 5.11 Å². The fraction of sp³-hybridized carbons (Fsp3) is 0.825. The zero-order valence-corrected chi connectivity index (χ0v) is 30.3. The Kier molecular flexibility index (Phi) is 15.1. The van der Waals surface area contributed by atoms with Gasteiger partial charge in [0.1, 0.15) is 12.2 Å². The highest BCUT2D eigenvalue weighted by molar-refractivity contribution is 6.01. The number of halogens is 1. The van der Waals surface area contributed by atoms with Crippen LogP contribution in [-0.2, 0) is 14.4 Å². The summed E-state index contributed by atoms with van der Waals surface area (Å²) in [7, 11) is 0. The van der Waals surface area contributed by atoms with E-state index >= 15 is 4.39 Å². The van der Waals surface area contributed by atoms with Crippen LogP contribution in [0.4, 0.5) is 4.39 Å². The van der Waals surface area contributed by atoms with Crippen molar-refractivity contribution in [1.82, 2.24) is 0 Å². The number of alkyl halides is 1. The molecule has 0 aromatic heterocycles. The molecule has 0 aromatic carbocycles. The van der Waals surface area contributed by atoms with Gasteiger partial charge < -0.3 is 20.4 Å². The first kappa shape index (κ1) is 40.5. The summed E-state index contributed by atoms with van der Waals surface area (Å²) in [5, 5.41) is 40.5. The van der Waals surface area contributed by atoms with Crippen molar-refractivity contribution in [3.63, 3.8) is 0 Å². The molecule has 0 heterocycles. The van der Waals surface area contributed by atoms with Crippen LogP contribution in [0.15, 0.2) is 23.8 Å². The Morgan fingerprint density at radius 1 is 0.896 bits per heavy atom. The Bertz CT molecular complexity index is 1150. The van der Waals surface area contributed by atoms with Crippen LogP contribution in [0.2, 0.25) is 0 Å². The van der Waals surface area contributed by atoms with Crippen LogP contribution in [0.5, 0.6) is 0 Å². The molecule has 4 N–H and O–H groups in total. The quantitative estimate of drug-likeness (QED) is 0.108. The minimum atomic E-state index is -1.98. The van der Waals surface area contributed by atoms with Crippen molar-refractivity contribution in [2.24, 2.45) is 28.6 Å². The minimum absolute atomic E-state index is 0.0676. The van der Waals surface area contributed by atoms with Gasteiger partial charge in [-0.1, -0.05) is 122 Å². The number of fused-ring (bicyclic) bond motifs is 5. The summed E-state index contributed by atoms with van der Waals surface area (Å²) in [6.07, 6.45) is 24.6. The molecule has 4 aliphatic rings. The summed E-state index contributed by atoms with van der Waals surface area (Å²) in [6, 6.07) is 0. The number of rotatable bonds is 18. The lowest BCUT2D eigenvalue weighted by molar-refractivity contribution is -0.219. The summed E-state index contributed by atoms with van der Waals surface area (Å²) < 4.78 is 16.9. The van der Waals surface area contributed by atoms with Crippen molar-refractivity contribution < 1.29 is 39.2 Å². The Balaban J connectivity index is 0.000000279. The van der Waals surface area contributed by atoms with Crippen LogP contribution in [-0.4, -0.2) is 61.9 Å². The number of aliphatic hydroxyl groups is 3. The van der Waals surface area contributed by atoms with Crippen LogP contribution in [0.1, 0.15) is 156 Å². The molecular formula is C40H65FO7. The number of Topliss-reactive ketones (excluding diaryl/α,β-unsaturated/α-hetero) is 1. The first-order valence-electron chi connectivity index (χ1n) is 19.1. The average molecular weight is 677 g/mol. The van der Waals surface area contributed by atoms with Crippen LogP contribution in [0, 0.1) is 28.6 Å².